The summed E-state index contributed by atoms with van der Waals surface area (Å²) in [5.41, 5.74) is -0.872. The maximum Gasteiger partial charge on any atom is 0.227 e. The zero-order valence-electron chi connectivity index (χ0n) is 10.2. The van der Waals surface area contributed by atoms with E-state index in [0.717, 1.165) is 6.54 Å². The second-order valence-electron chi connectivity index (χ2n) is 4.84. The molecule has 5 heteroatoms. The van der Waals surface area contributed by atoms with Gasteiger partial charge < -0.3 is 20.5 Å². The zero-order valence-corrected chi connectivity index (χ0v) is 10.2. The molecule has 0 aromatic carbocycles. The fraction of sp³-hybridized carbons (Fsp3) is 0.909. The molecule has 5 nitrogen and oxygen atoms in total. The van der Waals surface area contributed by atoms with Gasteiger partial charge in [-0.2, -0.15) is 0 Å². The lowest BCUT2D eigenvalue weighted by molar-refractivity contribution is -0.126. The smallest absolute Gasteiger partial charge is 0.227 e. The van der Waals surface area contributed by atoms with Crippen LogP contribution in [0.1, 0.15) is 20.8 Å². The van der Waals surface area contributed by atoms with Crippen molar-refractivity contribution in [1.29, 1.82) is 0 Å². The summed E-state index contributed by atoms with van der Waals surface area (Å²) < 4.78 is 5.29. The number of ether oxygens (including phenoxy) is 1. The Morgan fingerprint density at radius 3 is 2.75 bits per heavy atom. The van der Waals surface area contributed by atoms with E-state index < -0.39 is 5.60 Å². The molecule has 0 aliphatic carbocycles. The average Bonchev–Trinajstić information content (AvgIpc) is 2.62. The molecule has 1 saturated heterocycles. The Morgan fingerprint density at radius 1 is 1.50 bits per heavy atom. The predicted octanol–water partition coefficient (Wildman–Crippen LogP) is -0.502. The first-order valence-corrected chi connectivity index (χ1v) is 5.75. The van der Waals surface area contributed by atoms with Gasteiger partial charge in [-0.15, -0.1) is 0 Å². The van der Waals surface area contributed by atoms with Gasteiger partial charge in [-0.1, -0.05) is 6.92 Å². The summed E-state index contributed by atoms with van der Waals surface area (Å²) in [6, 6.07) is 0.0896. The first-order valence-electron chi connectivity index (χ1n) is 5.75. The predicted molar refractivity (Wildman–Crippen MR) is 61.1 cm³/mol. The van der Waals surface area contributed by atoms with Crippen LogP contribution >= 0.6 is 0 Å². The number of hydrogen-bond acceptors (Lipinski definition) is 4. The van der Waals surface area contributed by atoms with E-state index in [9.17, 15) is 9.90 Å². The van der Waals surface area contributed by atoms with Crippen LogP contribution in [0.4, 0.5) is 0 Å². The summed E-state index contributed by atoms with van der Waals surface area (Å²) >= 11 is 0. The summed E-state index contributed by atoms with van der Waals surface area (Å²) in [4.78, 5) is 11.8. The number of amides is 1. The van der Waals surface area contributed by atoms with E-state index in [2.05, 4.69) is 10.6 Å². The number of aliphatic hydroxyl groups is 1. The number of hydrogen-bond donors (Lipinski definition) is 3. The Bertz CT molecular complexity index is 238. The lowest BCUT2D eigenvalue weighted by atomic mass is 10.0. The van der Waals surface area contributed by atoms with Crippen LogP contribution in [0.2, 0.25) is 0 Å². The maximum absolute atomic E-state index is 11.8. The second-order valence-corrected chi connectivity index (χ2v) is 4.84. The number of likely N-dealkylation sites (N-methyl/N-ethyl adjacent to an activating group) is 1. The molecule has 0 radical (unpaired) electrons. The van der Waals surface area contributed by atoms with Gasteiger partial charge in [-0.3, -0.25) is 4.79 Å². The molecule has 0 spiro atoms. The Balaban J connectivity index is 2.40. The summed E-state index contributed by atoms with van der Waals surface area (Å²) in [5, 5.41) is 15.5. The van der Waals surface area contributed by atoms with Gasteiger partial charge in [-0.05, 0) is 20.4 Å². The number of rotatable bonds is 5. The normalized spacial score (nSPS) is 25.8. The molecule has 94 valence electrons. The third-order valence-electron chi connectivity index (χ3n) is 2.58. The Hall–Kier alpha value is -0.650. The van der Waals surface area contributed by atoms with Crippen molar-refractivity contribution >= 4 is 5.91 Å². The average molecular weight is 230 g/mol. The first-order chi connectivity index (χ1) is 7.44. The summed E-state index contributed by atoms with van der Waals surface area (Å²) in [5.74, 6) is -0.201. The fourth-order valence-electron chi connectivity index (χ4n) is 1.71. The molecule has 0 aromatic heterocycles. The van der Waals surface area contributed by atoms with Crippen LogP contribution in [0.15, 0.2) is 0 Å². The maximum atomic E-state index is 11.8. The first kappa shape index (κ1) is 13.4. The van der Waals surface area contributed by atoms with Gasteiger partial charge in [0.1, 0.15) is 0 Å². The van der Waals surface area contributed by atoms with Crippen molar-refractivity contribution in [2.75, 3.05) is 26.3 Å². The summed E-state index contributed by atoms with van der Waals surface area (Å²) in [6.07, 6.45) is 0. The lowest BCUT2D eigenvalue weighted by Gasteiger charge is -2.21. The van der Waals surface area contributed by atoms with Crippen molar-refractivity contribution in [1.82, 2.24) is 10.6 Å². The third-order valence-corrected chi connectivity index (χ3v) is 2.58. The molecule has 1 rings (SSSR count). The van der Waals surface area contributed by atoms with E-state index in [1.807, 2.05) is 6.92 Å². The number of carbonyl (C=O) groups excluding carboxylic acids is 1. The topological polar surface area (TPSA) is 70.6 Å². The van der Waals surface area contributed by atoms with Crippen LogP contribution in [0, 0.1) is 5.92 Å². The van der Waals surface area contributed by atoms with Crippen LogP contribution < -0.4 is 10.6 Å². The van der Waals surface area contributed by atoms with Gasteiger partial charge in [0, 0.05) is 12.6 Å². The monoisotopic (exact) mass is 230 g/mol. The van der Waals surface area contributed by atoms with Crippen molar-refractivity contribution in [3.05, 3.63) is 0 Å². The highest BCUT2D eigenvalue weighted by Crippen LogP contribution is 2.14. The molecule has 1 aliphatic rings. The van der Waals surface area contributed by atoms with Crippen LogP contribution in [0.3, 0.4) is 0 Å². The fourth-order valence-corrected chi connectivity index (χ4v) is 1.71. The van der Waals surface area contributed by atoms with Crippen molar-refractivity contribution < 1.29 is 14.6 Å². The zero-order chi connectivity index (χ0) is 12.2. The Labute approximate surface area is 96.6 Å². The lowest BCUT2D eigenvalue weighted by Crippen LogP contribution is -2.47. The minimum absolute atomic E-state index is 0.0504. The second kappa shape index (κ2) is 5.61. The van der Waals surface area contributed by atoms with Gasteiger partial charge in [-0.25, -0.2) is 0 Å². The van der Waals surface area contributed by atoms with Gasteiger partial charge in [0.25, 0.3) is 0 Å². The van der Waals surface area contributed by atoms with Crippen LogP contribution in [-0.2, 0) is 9.53 Å². The highest BCUT2D eigenvalue weighted by molar-refractivity contribution is 5.79. The van der Waals surface area contributed by atoms with Crippen molar-refractivity contribution in [2.45, 2.75) is 32.4 Å². The standard InChI is InChI=1S/C11H22N2O3/c1-4-12-9-6-16-5-8(9)10(14)13-7-11(2,3)15/h8-9,12,15H,4-7H2,1-3H3,(H,13,14). The molecule has 1 aliphatic heterocycles. The van der Waals surface area contributed by atoms with E-state index in [1.165, 1.54) is 0 Å². The minimum Gasteiger partial charge on any atom is -0.389 e. The molecule has 1 heterocycles. The quantitative estimate of drug-likeness (QED) is 0.595. The van der Waals surface area contributed by atoms with Crippen molar-refractivity contribution in [3.8, 4) is 0 Å². The van der Waals surface area contributed by atoms with Gasteiger partial charge in [0.15, 0.2) is 0 Å². The molecular weight excluding hydrogens is 208 g/mol. The molecule has 0 bridgehead atoms. The largest absolute Gasteiger partial charge is 0.389 e. The summed E-state index contributed by atoms with van der Waals surface area (Å²) in [6.45, 7) is 7.46. The highest BCUT2D eigenvalue weighted by Gasteiger charge is 2.33. The molecule has 3 N–H and O–H groups in total. The highest BCUT2D eigenvalue weighted by atomic mass is 16.5. The minimum atomic E-state index is -0.872. The molecule has 16 heavy (non-hydrogen) atoms. The number of carbonyl (C=O) groups is 1. The van der Waals surface area contributed by atoms with Gasteiger partial charge in [0.05, 0.1) is 24.7 Å². The molecule has 2 unspecified atom stereocenters. The van der Waals surface area contributed by atoms with Gasteiger partial charge in [0.2, 0.25) is 5.91 Å². The van der Waals surface area contributed by atoms with Crippen molar-refractivity contribution in [2.24, 2.45) is 5.92 Å². The molecule has 1 fully saturated rings. The van der Waals surface area contributed by atoms with E-state index in [4.69, 9.17) is 4.74 Å². The van der Waals surface area contributed by atoms with E-state index >= 15 is 0 Å². The third kappa shape index (κ3) is 4.08. The molecule has 2 atom stereocenters. The molecule has 0 aromatic rings. The van der Waals surface area contributed by atoms with Gasteiger partial charge >= 0.3 is 0 Å². The SMILES string of the molecule is CCNC1COCC1C(=O)NCC(C)(C)O. The molecule has 1 amide bonds. The van der Waals surface area contributed by atoms with E-state index in [0.29, 0.717) is 13.2 Å². The molecule has 0 saturated carbocycles. The Kier molecular flexibility index (Phi) is 4.70. The van der Waals surface area contributed by atoms with Crippen LogP contribution in [-0.4, -0.2) is 49.0 Å². The Morgan fingerprint density at radius 2 is 2.19 bits per heavy atom. The van der Waals surface area contributed by atoms with Crippen molar-refractivity contribution in [3.63, 3.8) is 0 Å². The van der Waals surface area contributed by atoms with Crippen LogP contribution in [0.5, 0.6) is 0 Å². The van der Waals surface area contributed by atoms with E-state index in [-0.39, 0.29) is 24.4 Å². The van der Waals surface area contributed by atoms with Crippen LogP contribution in [0.25, 0.3) is 0 Å². The molecular formula is C11H22N2O3. The number of nitrogens with one attached hydrogen (secondary N) is 2. The summed E-state index contributed by atoms with van der Waals surface area (Å²) in [7, 11) is 0. The van der Waals surface area contributed by atoms with E-state index in [1.54, 1.807) is 13.8 Å².